The first-order valence-electron chi connectivity index (χ1n) is 10.3. The molecule has 2 heterocycles. The maximum atomic E-state index is 13.4. The van der Waals surface area contributed by atoms with E-state index < -0.39 is 16.1 Å². The van der Waals surface area contributed by atoms with E-state index in [1.165, 1.54) is 0 Å². The molecule has 1 aromatic heterocycles. The highest BCUT2D eigenvalue weighted by molar-refractivity contribution is 7.91. The van der Waals surface area contributed by atoms with E-state index in [0.29, 0.717) is 31.2 Å². The first-order chi connectivity index (χ1) is 15.4. The van der Waals surface area contributed by atoms with Crippen LogP contribution in [0.25, 0.3) is 0 Å². The highest BCUT2D eigenvalue weighted by atomic mass is 35.5. The summed E-state index contributed by atoms with van der Waals surface area (Å²) in [6.07, 6.45) is 0.287. The molecule has 0 bridgehead atoms. The van der Waals surface area contributed by atoms with Crippen molar-refractivity contribution < 1.29 is 13.2 Å². The molecule has 1 fully saturated rings. The third kappa shape index (κ3) is 5.32. The summed E-state index contributed by atoms with van der Waals surface area (Å²) < 4.78 is 28.6. The van der Waals surface area contributed by atoms with Crippen LogP contribution in [0.2, 0.25) is 5.02 Å². The standard InChI is InChI=1S/C23H24ClN3O3S2/c24-19-9-4-5-10-21(19)26-12-14-27(15-13-26)23(28)20(17-18-7-2-1-3-8-18)25-32(29,30)22-11-6-16-31-22/h1-11,16,20,25H,12-15,17H2/t20-/m1/s1. The fourth-order valence-corrected chi connectivity index (χ4v) is 6.24. The van der Waals surface area contributed by atoms with Crippen LogP contribution in [-0.4, -0.2) is 51.4 Å². The summed E-state index contributed by atoms with van der Waals surface area (Å²) in [6, 6.07) is 19.4. The Kier molecular flexibility index (Phi) is 7.15. The van der Waals surface area contributed by atoms with Crippen LogP contribution in [0.4, 0.5) is 5.69 Å². The summed E-state index contributed by atoms with van der Waals surface area (Å²) in [6.45, 7) is 2.25. The minimum atomic E-state index is -3.79. The topological polar surface area (TPSA) is 69.7 Å². The molecular weight excluding hydrogens is 466 g/mol. The molecule has 3 aromatic rings. The van der Waals surface area contributed by atoms with Crippen LogP contribution in [-0.2, 0) is 21.2 Å². The number of carbonyl (C=O) groups excluding carboxylic acids is 1. The lowest BCUT2D eigenvalue weighted by atomic mass is 10.1. The second-order valence-corrected chi connectivity index (χ2v) is 10.9. The van der Waals surface area contributed by atoms with E-state index in [1.807, 2.05) is 54.6 Å². The zero-order chi connectivity index (χ0) is 22.6. The Labute approximate surface area is 197 Å². The minimum absolute atomic E-state index is 0.201. The molecule has 168 valence electrons. The van der Waals surface area contributed by atoms with Crippen LogP contribution >= 0.6 is 22.9 Å². The van der Waals surface area contributed by atoms with Crippen LogP contribution in [0, 0.1) is 0 Å². The van der Waals surface area contributed by atoms with E-state index in [9.17, 15) is 13.2 Å². The van der Waals surface area contributed by atoms with Crippen LogP contribution in [0.5, 0.6) is 0 Å². The van der Waals surface area contributed by atoms with E-state index in [1.54, 1.807) is 22.4 Å². The number of para-hydroxylation sites is 1. The number of sulfonamides is 1. The number of halogens is 1. The van der Waals surface area contributed by atoms with Crippen molar-refractivity contribution in [3.63, 3.8) is 0 Å². The van der Waals surface area contributed by atoms with Gasteiger partial charge in [-0.25, -0.2) is 8.42 Å². The number of benzene rings is 2. The molecule has 2 aromatic carbocycles. The van der Waals surface area contributed by atoms with Gasteiger partial charge in [-0.3, -0.25) is 4.79 Å². The molecule has 1 saturated heterocycles. The van der Waals surface area contributed by atoms with Gasteiger partial charge in [-0.2, -0.15) is 4.72 Å². The molecule has 32 heavy (non-hydrogen) atoms. The first kappa shape index (κ1) is 22.8. The number of amides is 1. The van der Waals surface area contributed by atoms with Crippen molar-refractivity contribution in [3.05, 3.63) is 82.7 Å². The largest absolute Gasteiger partial charge is 0.367 e. The van der Waals surface area contributed by atoms with Gasteiger partial charge in [0, 0.05) is 26.2 Å². The van der Waals surface area contributed by atoms with E-state index >= 15 is 0 Å². The number of hydrogen-bond donors (Lipinski definition) is 1. The fraction of sp³-hybridized carbons (Fsp3) is 0.261. The number of nitrogens with zero attached hydrogens (tertiary/aromatic N) is 2. The average molecular weight is 490 g/mol. The zero-order valence-corrected chi connectivity index (χ0v) is 19.7. The van der Waals surface area contributed by atoms with Gasteiger partial charge >= 0.3 is 0 Å². The lowest BCUT2D eigenvalue weighted by Crippen LogP contribution is -2.55. The Morgan fingerprint density at radius 2 is 1.66 bits per heavy atom. The minimum Gasteiger partial charge on any atom is -0.367 e. The van der Waals surface area contributed by atoms with Gasteiger partial charge in [-0.15, -0.1) is 11.3 Å². The fourth-order valence-electron chi connectivity index (χ4n) is 3.79. The molecule has 1 aliphatic heterocycles. The Morgan fingerprint density at radius 3 is 2.31 bits per heavy atom. The molecule has 0 saturated carbocycles. The third-order valence-corrected chi connectivity index (χ3v) is 8.61. The van der Waals surface area contributed by atoms with E-state index in [4.69, 9.17) is 11.6 Å². The third-order valence-electron chi connectivity index (χ3n) is 5.42. The number of carbonyl (C=O) groups is 1. The van der Waals surface area contributed by atoms with Crippen LogP contribution in [0.3, 0.4) is 0 Å². The van der Waals surface area contributed by atoms with Crippen molar-refractivity contribution in [1.82, 2.24) is 9.62 Å². The van der Waals surface area contributed by atoms with E-state index in [-0.39, 0.29) is 16.5 Å². The molecule has 1 amide bonds. The monoisotopic (exact) mass is 489 g/mol. The summed E-state index contributed by atoms with van der Waals surface area (Å²) >= 11 is 7.45. The summed E-state index contributed by atoms with van der Waals surface area (Å²) in [7, 11) is -3.79. The molecule has 1 N–H and O–H groups in total. The zero-order valence-electron chi connectivity index (χ0n) is 17.4. The van der Waals surface area contributed by atoms with Crippen molar-refractivity contribution in [1.29, 1.82) is 0 Å². The van der Waals surface area contributed by atoms with Gasteiger partial charge in [0.15, 0.2) is 0 Å². The molecule has 4 rings (SSSR count). The highest BCUT2D eigenvalue weighted by Gasteiger charge is 2.32. The Bertz CT molecular complexity index is 1150. The normalized spacial score (nSPS) is 15.5. The quantitative estimate of drug-likeness (QED) is 0.550. The van der Waals surface area contributed by atoms with Gasteiger partial charge in [-0.05, 0) is 35.6 Å². The van der Waals surface area contributed by atoms with Gasteiger partial charge in [-0.1, -0.05) is 60.1 Å². The van der Waals surface area contributed by atoms with Gasteiger partial charge in [0.2, 0.25) is 5.91 Å². The van der Waals surface area contributed by atoms with Gasteiger partial charge in [0.1, 0.15) is 10.3 Å². The van der Waals surface area contributed by atoms with Gasteiger partial charge < -0.3 is 9.80 Å². The van der Waals surface area contributed by atoms with Gasteiger partial charge in [0.25, 0.3) is 10.0 Å². The van der Waals surface area contributed by atoms with Crippen molar-refractivity contribution in [2.75, 3.05) is 31.1 Å². The van der Waals surface area contributed by atoms with Crippen molar-refractivity contribution in [2.24, 2.45) is 0 Å². The summed E-state index contributed by atoms with van der Waals surface area (Å²) in [5, 5.41) is 2.38. The number of hydrogen-bond acceptors (Lipinski definition) is 5. The predicted octanol–water partition coefficient (Wildman–Crippen LogP) is 3.64. The Morgan fingerprint density at radius 1 is 0.969 bits per heavy atom. The van der Waals surface area contributed by atoms with E-state index in [0.717, 1.165) is 22.6 Å². The van der Waals surface area contributed by atoms with E-state index in [2.05, 4.69) is 9.62 Å². The smallest absolute Gasteiger partial charge is 0.250 e. The molecule has 9 heteroatoms. The van der Waals surface area contributed by atoms with Gasteiger partial charge in [0.05, 0.1) is 10.7 Å². The number of rotatable bonds is 7. The second-order valence-electron chi connectivity index (χ2n) is 7.56. The summed E-state index contributed by atoms with van der Waals surface area (Å²) in [4.78, 5) is 17.3. The first-order valence-corrected chi connectivity index (χ1v) is 13.1. The highest BCUT2D eigenvalue weighted by Crippen LogP contribution is 2.26. The predicted molar refractivity (Wildman–Crippen MR) is 129 cm³/mol. The lowest BCUT2D eigenvalue weighted by Gasteiger charge is -2.38. The Hall–Kier alpha value is -2.39. The molecule has 0 spiro atoms. The number of piperazine rings is 1. The van der Waals surface area contributed by atoms with Crippen molar-refractivity contribution in [2.45, 2.75) is 16.7 Å². The maximum Gasteiger partial charge on any atom is 0.250 e. The molecular formula is C23H24ClN3O3S2. The molecule has 0 radical (unpaired) electrons. The van der Waals surface area contributed by atoms with Crippen molar-refractivity contribution in [3.8, 4) is 0 Å². The Balaban J connectivity index is 1.49. The summed E-state index contributed by atoms with van der Waals surface area (Å²) in [5.41, 5.74) is 1.84. The molecule has 1 aliphatic rings. The number of nitrogens with one attached hydrogen (secondary N) is 1. The molecule has 1 atom stereocenters. The SMILES string of the molecule is O=C([C@@H](Cc1ccccc1)NS(=O)(=O)c1cccs1)N1CCN(c2ccccc2Cl)CC1. The molecule has 6 nitrogen and oxygen atoms in total. The summed E-state index contributed by atoms with van der Waals surface area (Å²) in [5.74, 6) is -0.215. The average Bonchev–Trinajstić information content (AvgIpc) is 3.36. The van der Waals surface area contributed by atoms with Crippen LogP contribution in [0.1, 0.15) is 5.56 Å². The number of anilines is 1. The van der Waals surface area contributed by atoms with Crippen LogP contribution < -0.4 is 9.62 Å². The number of thiophene rings is 1. The van der Waals surface area contributed by atoms with Crippen LogP contribution in [0.15, 0.2) is 76.3 Å². The molecule has 0 unspecified atom stereocenters. The maximum absolute atomic E-state index is 13.4. The lowest BCUT2D eigenvalue weighted by molar-refractivity contribution is -0.133. The molecule has 0 aliphatic carbocycles. The van der Waals surface area contributed by atoms with Crippen molar-refractivity contribution >= 4 is 44.6 Å². The second kappa shape index (κ2) is 10.0.